The molecule has 1 rings (SSSR count). The van der Waals surface area contributed by atoms with Crippen LogP contribution in [0.3, 0.4) is 0 Å². The molecule has 23 heavy (non-hydrogen) atoms. The predicted octanol–water partition coefficient (Wildman–Crippen LogP) is 1.94. The zero-order valence-electron chi connectivity index (χ0n) is 15.3. The van der Waals surface area contributed by atoms with Gasteiger partial charge in [0.05, 0.1) is 6.54 Å². The molecule has 0 aromatic carbocycles. The van der Waals surface area contributed by atoms with E-state index in [1.807, 2.05) is 11.8 Å². The number of unbranched alkanes of at least 4 members (excludes halogenated alkanes) is 1. The molecule has 1 atom stereocenters. The fraction of sp³-hybridized carbons (Fsp3) is 0.938. The summed E-state index contributed by atoms with van der Waals surface area (Å²) in [6.45, 7) is 11.9. The normalized spacial score (nSPS) is 18.3. The number of likely N-dealkylation sites (N-methyl/N-ethyl adjacent to an activating group) is 1. The molecule has 1 unspecified atom stereocenters. The van der Waals surface area contributed by atoms with Crippen molar-refractivity contribution in [3.05, 3.63) is 0 Å². The average molecular weight is 457 g/mol. The van der Waals surface area contributed by atoms with E-state index in [-0.39, 0.29) is 24.0 Å². The first kappa shape index (κ1) is 23.3. The lowest BCUT2D eigenvalue weighted by atomic mass is 10.2. The van der Waals surface area contributed by atoms with E-state index in [1.165, 1.54) is 31.7 Å². The van der Waals surface area contributed by atoms with E-state index in [1.54, 1.807) is 0 Å². The molecule has 5 nitrogen and oxygen atoms in total. The number of thioether (sulfide) groups is 1. The molecule has 0 spiro atoms. The molecule has 0 saturated carbocycles. The second-order valence-corrected chi connectivity index (χ2v) is 7.02. The van der Waals surface area contributed by atoms with Crippen LogP contribution in [0, 0.1) is 0 Å². The summed E-state index contributed by atoms with van der Waals surface area (Å²) >= 11 is 1.92. The third-order valence-corrected chi connectivity index (χ3v) is 4.78. The van der Waals surface area contributed by atoms with Crippen LogP contribution in [0.25, 0.3) is 0 Å². The molecule has 2 N–H and O–H groups in total. The van der Waals surface area contributed by atoms with Gasteiger partial charge in [-0.1, -0.05) is 0 Å². The highest BCUT2D eigenvalue weighted by Gasteiger charge is 2.18. The number of nitrogens with one attached hydrogen (secondary N) is 2. The second kappa shape index (κ2) is 14.6. The highest BCUT2D eigenvalue weighted by atomic mass is 127. The van der Waals surface area contributed by atoms with Crippen LogP contribution in [0.2, 0.25) is 0 Å². The highest BCUT2D eigenvalue weighted by molar-refractivity contribution is 14.0. The zero-order chi connectivity index (χ0) is 16.2. The summed E-state index contributed by atoms with van der Waals surface area (Å²) in [6.07, 6.45) is 4.64. The smallest absolute Gasteiger partial charge is 0.191 e. The first-order valence-corrected chi connectivity index (χ1v) is 10.0. The fourth-order valence-electron chi connectivity index (χ4n) is 2.52. The van der Waals surface area contributed by atoms with Crippen molar-refractivity contribution in [2.45, 2.75) is 32.7 Å². The number of piperazine rings is 1. The van der Waals surface area contributed by atoms with Crippen LogP contribution >= 0.6 is 35.7 Å². The summed E-state index contributed by atoms with van der Waals surface area (Å²) < 4.78 is 0. The largest absolute Gasteiger partial charge is 0.357 e. The minimum atomic E-state index is 0. The molecule has 7 heteroatoms. The average Bonchev–Trinajstić information content (AvgIpc) is 2.52. The third-order valence-electron chi connectivity index (χ3n) is 4.09. The lowest BCUT2D eigenvalue weighted by Crippen LogP contribution is -2.49. The summed E-state index contributed by atoms with van der Waals surface area (Å²) in [6, 6.07) is 0.514. The summed E-state index contributed by atoms with van der Waals surface area (Å²) in [5.41, 5.74) is 0. The molecule has 1 saturated heterocycles. The number of hydrogen-bond acceptors (Lipinski definition) is 4. The Labute approximate surface area is 164 Å². The quantitative estimate of drug-likeness (QED) is 0.240. The number of hydrogen-bond donors (Lipinski definition) is 2. The van der Waals surface area contributed by atoms with E-state index >= 15 is 0 Å². The van der Waals surface area contributed by atoms with E-state index in [0.29, 0.717) is 6.04 Å². The van der Waals surface area contributed by atoms with Crippen LogP contribution in [0.1, 0.15) is 26.7 Å². The Morgan fingerprint density at radius 1 is 1.17 bits per heavy atom. The second-order valence-electron chi connectivity index (χ2n) is 6.03. The Bertz CT molecular complexity index is 309. The van der Waals surface area contributed by atoms with Gasteiger partial charge in [0, 0.05) is 45.3 Å². The van der Waals surface area contributed by atoms with Gasteiger partial charge < -0.3 is 15.5 Å². The van der Waals surface area contributed by atoms with Gasteiger partial charge in [-0.15, -0.1) is 24.0 Å². The Morgan fingerprint density at radius 2 is 1.87 bits per heavy atom. The molecule has 1 fully saturated rings. The molecule has 1 heterocycles. The molecule has 0 amide bonds. The standard InChI is InChI=1S/C16H35N5S.HI/c1-5-17-16(18-8-6-7-13-22-4)19-14-15(2)21-11-9-20(3)10-12-21;/h15H,5-14H2,1-4H3,(H2,17,18,19);1H. The third kappa shape index (κ3) is 10.7. The molecule has 1 aliphatic rings. The van der Waals surface area contributed by atoms with Crippen LogP contribution in [0.4, 0.5) is 0 Å². The first-order chi connectivity index (χ1) is 10.7. The number of aliphatic imine (C=N–C) groups is 1. The van der Waals surface area contributed by atoms with Crippen LogP contribution in [0.5, 0.6) is 0 Å². The van der Waals surface area contributed by atoms with Crippen LogP contribution in [0.15, 0.2) is 4.99 Å². The monoisotopic (exact) mass is 457 g/mol. The maximum atomic E-state index is 4.76. The van der Waals surface area contributed by atoms with E-state index in [0.717, 1.165) is 38.7 Å². The van der Waals surface area contributed by atoms with Crippen molar-refractivity contribution in [1.29, 1.82) is 0 Å². The van der Waals surface area contributed by atoms with Crippen molar-refractivity contribution in [3.8, 4) is 0 Å². The van der Waals surface area contributed by atoms with E-state index in [4.69, 9.17) is 4.99 Å². The van der Waals surface area contributed by atoms with Gasteiger partial charge in [0.15, 0.2) is 5.96 Å². The van der Waals surface area contributed by atoms with Gasteiger partial charge in [0.25, 0.3) is 0 Å². The SMILES string of the molecule is CCNC(=NCC(C)N1CCN(C)CC1)NCCCCSC.I. The highest BCUT2D eigenvalue weighted by Crippen LogP contribution is 2.05. The fourth-order valence-corrected chi connectivity index (χ4v) is 3.01. The van der Waals surface area contributed by atoms with Crippen LogP contribution in [-0.2, 0) is 0 Å². The van der Waals surface area contributed by atoms with Gasteiger partial charge in [0.2, 0.25) is 0 Å². The van der Waals surface area contributed by atoms with Gasteiger partial charge in [-0.05, 0) is 45.7 Å². The molecular weight excluding hydrogens is 421 g/mol. The Balaban J connectivity index is 0.00000484. The lowest BCUT2D eigenvalue weighted by Gasteiger charge is -2.35. The van der Waals surface area contributed by atoms with Crippen LogP contribution < -0.4 is 10.6 Å². The van der Waals surface area contributed by atoms with Crippen molar-refractivity contribution in [3.63, 3.8) is 0 Å². The molecule has 138 valence electrons. The summed E-state index contributed by atoms with van der Waals surface area (Å²) in [4.78, 5) is 9.70. The molecule has 0 aromatic rings. The molecule has 1 aliphatic heterocycles. The topological polar surface area (TPSA) is 42.9 Å². The van der Waals surface area contributed by atoms with Crippen molar-refractivity contribution in [2.75, 3.05) is 64.9 Å². The van der Waals surface area contributed by atoms with Crippen molar-refractivity contribution >= 4 is 41.7 Å². The van der Waals surface area contributed by atoms with Crippen LogP contribution in [-0.4, -0.2) is 86.7 Å². The number of guanidine groups is 1. The van der Waals surface area contributed by atoms with Crippen molar-refractivity contribution in [2.24, 2.45) is 4.99 Å². The minimum Gasteiger partial charge on any atom is -0.357 e. The van der Waals surface area contributed by atoms with Gasteiger partial charge in [-0.25, -0.2) is 0 Å². The van der Waals surface area contributed by atoms with Gasteiger partial charge in [-0.3, -0.25) is 9.89 Å². The van der Waals surface area contributed by atoms with Gasteiger partial charge >= 0.3 is 0 Å². The minimum absolute atomic E-state index is 0. The Kier molecular flexibility index (Phi) is 14.8. The Hall–Kier alpha value is 0.270. The number of nitrogens with zero attached hydrogens (tertiary/aromatic N) is 3. The van der Waals surface area contributed by atoms with Gasteiger partial charge in [0.1, 0.15) is 0 Å². The lowest BCUT2D eigenvalue weighted by molar-refractivity contribution is 0.122. The maximum Gasteiger partial charge on any atom is 0.191 e. The zero-order valence-corrected chi connectivity index (χ0v) is 18.5. The molecule has 0 radical (unpaired) electrons. The first-order valence-electron chi connectivity index (χ1n) is 8.61. The van der Waals surface area contributed by atoms with E-state index < -0.39 is 0 Å². The van der Waals surface area contributed by atoms with Crippen molar-refractivity contribution in [1.82, 2.24) is 20.4 Å². The van der Waals surface area contributed by atoms with Gasteiger partial charge in [-0.2, -0.15) is 11.8 Å². The summed E-state index contributed by atoms with van der Waals surface area (Å²) in [7, 11) is 2.20. The summed E-state index contributed by atoms with van der Waals surface area (Å²) in [5.74, 6) is 2.21. The summed E-state index contributed by atoms with van der Waals surface area (Å²) in [5, 5.41) is 6.79. The number of halogens is 1. The van der Waals surface area contributed by atoms with E-state index in [2.05, 4.69) is 47.6 Å². The van der Waals surface area contributed by atoms with E-state index in [9.17, 15) is 0 Å². The predicted molar refractivity (Wildman–Crippen MR) is 116 cm³/mol. The molecule has 0 aromatic heterocycles. The van der Waals surface area contributed by atoms with Crippen molar-refractivity contribution < 1.29 is 0 Å². The number of rotatable bonds is 9. The Morgan fingerprint density at radius 3 is 2.48 bits per heavy atom. The maximum absolute atomic E-state index is 4.76. The molecular formula is C16H36IN5S. The molecule has 0 aliphatic carbocycles. The molecule has 0 bridgehead atoms.